The van der Waals surface area contributed by atoms with Crippen molar-refractivity contribution >= 4 is 28.9 Å². The monoisotopic (exact) mass is 397 g/mol. The Morgan fingerprint density at radius 1 is 1.03 bits per heavy atom. The molecular formula is C23H31N3O3. The van der Waals surface area contributed by atoms with Crippen molar-refractivity contribution in [2.24, 2.45) is 0 Å². The van der Waals surface area contributed by atoms with Crippen LogP contribution in [0.25, 0.3) is 0 Å². The van der Waals surface area contributed by atoms with Crippen LogP contribution in [-0.2, 0) is 9.59 Å². The highest BCUT2D eigenvalue weighted by molar-refractivity contribution is 5.95. The van der Waals surface area contributed by atoms with Crippen molar-refractivity contribution in [3.8, 4) is 5.75 Å². The van der Waals surface area contributed by atoms with Crippen LogP contribution in [0.2, 0.25) is 0 Å². The van der Waals surface area contributed by atoms with Crippen molar-refractivity contribution in [3.63, 3.8) is 0 Å². The van der Waals surface area contributed by atoms with Crippen molar-refractivity contribution < 1.29 is 14.3 Å². The second kappa shape index (κ2) is 10.5. The SMILES string of the molecule is CCN(CC)c1ccc(N(CCC(=O)Nc2ccc(OC)cc2)C(C)=O)c(C)c1. The van der Waals surface area contributed by atoms with Gasteiger partial charge in [0.2, 0.25) is 11.8 Å². The van der Waals surface area contributed by atoms with E-state index in [-0.39, 0.29) is 18.2 Å². The van der Waals surface area contributed by atoms with Gasteiger partial charge < -0.3 is 19.9 Å². The Hall–Kier alpha value is -3.02. The first-order valence-corrected chi connectivity index (χ1v) is 9.97. The van der Waals surface area contributed by atoms with Crippen LogP contribution in [0.4, 0.5) is 17.1 Å². The second-order valence-electron chi connectivity index (χ2n) is 6.84. The number of carbonyl (C=O) groups is 2. The van der Waals surface area contributed by atoms with Crippen molar-refractivity contribution in [1.29, 1.82) is 0 Å². The Morgan fingerprint density at radius 2 is 1.69 bits per heavy atom. The fourth-order valence-electron chi connectivity index (χ4n) is 3.29. The van der Waals surface area contributed by atoms with Gasteiger partial charge in [-0.3, -0.25) is 9.59 Å². The van der Waals surface area contributed by atoms with Gasteiger partial charge in [0.1, 0.15) is 5.75 Å². The molecule has 0 bridgehead atoms. The molecule has 6 heteroatoms. The van der Waals surface area contributed by atoms with Gasteiger partial charge in [-0.25, -0.2) is 0 Å². The Labute approximate surface area is 173 Å². The molecule has 0 aliphatic heterocycles. The number of hydrogen-bond acceptors (Lipinski definition) is 4. The fraction of sp³-hybridized carbons (Fsp3) is 0.391. The van der Waals surface area contributed by atoms with Gasteiger partial charge in [0.05, 0.1) is 7.11 Å². The maximum atomic E-state index is 12.3. The highest BCUT2D eigenvalue weighted by Crippen LogP contribution is 2.26. The predicted octanol–water partition coefficient (Wildman–Crippen LogP) is 4.23. The van der Waals surface area contributed by atoms with Gasteiger partial charge in [0, 0.05) is 50.0 Å². The predicted molar refractivity (Wildman–Crippen MR) is 119 cm³/mol. The lowest BCUT2D eigenvalue weighted by Crippen LogP contribution is -2.32. The molecule has 0 spiro atoms. The Bertz CT molecular complexity index is 830. The molecular weight excluding hydrogens is 366 g/mol. The normalized spacial score (nSPS) is 10.4. The molecule has 0 saturated heterocycles. The number of benzene rings is 2. The van der Waals surface area contributed by atoms with E-state index in [1.54, 1.807) is 36.3 Å². The quantitative estimate of drug-likeness (QED) is 0.688. The average Bonchev–Trinajstić information content (AvgIpc) is 2.70. The first kappa shape index (κ1) is 22.3. The van der Waals surface area contributed by atoms with E-state index in [4.69, 9.17) is 4.74 Å². The zero-order chi connectivity index (χ0) is 21.4. The van der Waals surface area contributed by atoms with E-state index in [1.165, 1.54) is 6.92 Å². The third-order valence-corrected chi connectivity index (χ3v) is 4.92. The molecule has 0 fully saturated rings. The summed E-state index contributed by atoms with van der Waals surface area (Å²) < 4.78 is 5.12. The van der Waals surface area contributed by atoms with Crippen molar-refractivity contribution in [2.45, 2.75) is 34.1 Å². The first-order valence-electron chi connectivity index (χ1n) is 9.97. The van der Waals surface area contributed by atoms with Gasteiger partial charge in [-0.1, -0.05) is 0 Å². The van der Waals surface area contributed by atoms with Crippen LogP contribution in [0, 0.1) is 6.92 Å². The number of amides is 2. The van der Waals surface area contributed by atoms with E-state index in [9.17, 15) is 9.59 Å². The number of hydrogen-bond donors (Lipinski definition) is 1. The minimum atomic E-state index is -0.140. The van der Waals surface area contributed by atoms with E-state index in [2.05, 4.69) is 30.1 Å². The minimum absolute atomic E-state index is 0.0825. The highest BCUT2D eigenvalue weighted by atomic mass is 16.5. The number of rotatable bonds is 9. The summed E-state index contributed by atoms with van der Waals surface area (Å²) in [7, 11) is 1.60. The van der Waals surface area contributed by atoms with E-state index in [1.807, 2.05) is 19.1 Å². The first-order chi connectivity index (χ1) is 13.9. The molecule has 0 aliphatic carbocycles. The Morgan fingerprint density at radius 3 is 2.21 bits per heavy atom. The number of ether oxygens (including phenoxy) is 1. The average molecular weight is 398 g/mol. The summed E-state index contributed by atoms with van der Waals surface area (Å²) in [6.45, 7) is 9.94. The van der Waals surface area contributed by atoms with Crippen LogP contribution < -0.4 is 19.9 Å². The fourth-order valence-corrected chi connectivity index (χ4v) is 3.29. The summed E-state index contributed by atoms with van der Waals surface area (Å²) in [6, 6.07) is 13.2. The molecule has 2 amide bonds. The van der Waals surface area contributed by atoms with Crippen LogP contribution in [0.5, 0.6) is 5.75 Å². The molecule has 2 aromatic rings. The van der Waals surface area contributed by atoms with Crippen molar-refractivity contribution in [3.05, 3.63) is 48.0 Å². The molecule has 0 aliphatic rings. The molecule has 2 rings (SSSR count). The van der Waals surface area contributed by atoms with Crippen LogP contribution in [0.1, 0.15) is 32.8 Å². The lowest BCUT2D eigenvalue weighted by atomic mass is 10.1. The largest absolute Gasteiger partial charge is 0.497 e. The molecule has 0 atom stereocenters. The van der Waals surface area contributed by atoms with Crippen molar-refractivity contribution in [1.82, 2.24) is 0 Å². The smallest absolute Gasteiger partial charge is 0.226 e. The molecule has 0 aromatic heterocycles. The molecule has 156 valence electrons. The van der Waals surface area contributed by atoms with Crippen LogP contribution in [0.15, 0.2) is 42.5 Å². The summed E-state index contributed by atoms with van der Waals surface area (Å²) in [4.78, 5) is 28.5. The van der Waals surface area contributed by atoms with E-state index in [0.717, 1.165) is 35.8 Å². The second-order valence-corrected chi connectivity index (χ2v) is 6.84. The molecule has 0 heterocycles. The van der Waals surface area contributed by atoms with Crippen LogP contribution in [0.3, 0.4) is 0 Å². The topological polar surface area (TPSA) is 61.9 Å². The third kappa shape index (κ3) is 5.98. The molecule has 29 heavy (non-hydrogen) atoms. The maximum Gasteiger partial charge on any atom is 0.226 e. The van der Waals surface area contributed by atoms with Crippen LogP contribution >= 0.6 is 0 Å². The van der Waals surface area contributed by atoms with Crippen molar-refractivity contribution in [2.75, 3.05) is 41.9 Å². The third-order valence-electron chi connectivity index (χ3n) is 4.92. The van der Waals surface area contributed by atoms with E-state index in [0.29, 0.717) is 12.2 Å². The van der Waals surface area contributed by atoms with Gasteiger partial charge in [-0.2, -0.15) is 0 Å². The molecule has 1 N–H and O–H groups in total. The Kier molecular flexibility index (Phi) is 8.07. The summed E-state index contributed by atoms with van der Waals surface area (Å²) in [5.41, 5.74) is 3.69. The van der Waals surface area contributed by atoms with Gasteiger partial charge >= 0.3 is 0 Å². The summed E-state index contributed by atoms with van der Waals surface area (Å²) >= 11 is 0. The number of aryl methyl sites for hydroxylation is 1. The lowest BCUT2D eigenvalue weighted by Gasteiger charge is -2.26. The molecule has 2 aromatic carbocycles. The minimum Gasteiger partial charge on any atom is -0.497 e. The van der Waals surface area contributed by atoms with Gasteiger partial charge in [0.15, 0.2) is 0 Å². The highest BCUT2D eigenvalue weighted by Gasteiger charge is 2.16. The summed E-state index contributed by atoms with van der Waals surface area (Å²) in [6.07, 6.45) is 0.211. The lowest BCUT2D eigenvalue weighted by molar-refractivity contribution is -0.117. The number of carbonyl (C=O) groups excluding carboxylic acids is 2. The molecule has 0 unspecified atom stereocenters. The van der Waals surface area contributed by atoms with Crippen LogP contribution in [-0.4, -0.2) is 38.6 Å². The maximum absolute atomic E-state index is 12.3. The van der Waals surface area contributed by atoms with Gasteiger partial charge in [-0.15, -0.1) is 0 Å². The zero-order valence-electron chi connectivity index (χ0n) is 18.0. The summed E-state index contributed by atoms with van der Waals surface area (Å²) in [5.74, 6) is 0.508. The number of nitrogens with zero attached hydrogens (tertiary/aromatic N) is 2. The standard InChI is InChI=1S/C23H31N3O3/c1-6-25(7-2)20-10-13-22(17(3)16-20)26(18(4)27)15-14-23(28)24-19-8-11-21(29-5)12-9-19/h8-13,16H,6-7,14-15H2,1-5H3,(H,24,28). The number of anilines is 3. The summed E-state index contributed by atoms with van der Waals surface area (Å²) in [5, 5.41) is 2.85. The number of nitrogens with one attached hydrogen (secondary N) is 1. The van der Waals surface area contributed by atoms with E-state index < -0.39 is 0 Å². The number of methoxy groups -OCH3 is 1. The van der Waals surface area contributed by atoms with E-state index >= 15 is 0 Å². The Balaban J connectivity index is 2.06. The van der Waals surface area contributed by atoms with Gasteiger partial charge in [-0.05, 0) is 68.8 Å². The molecule has 0 saturated carbocycles. The zero-order valence-corrected chi connectivity index (χ0v) is 18.0. The molecule has 6 nitrogen and oxygen atoms in total. The van der Waals surface area contributed by atoms with Gasteiger partial charge in [0.25, 0.3) is 0 Å². The molecule has 0 radical (unpaired) electrons.